The number of hydrogen-bond acceptors (Lipinski definition) is 6. The smallest absolute Gasteiger partial charge is 0.218 e. The van der Waals surface area contributed by atoms with Gasteiger partial charge >= 0.3 is 0 Å². The van der Waals surface area contributed by atoms with E-state index in [0.717, 1.165) is 0 Å². The Morgan fingerprint density at radius 2 is 2.47 bits per heavy atom. The molecule has 0 aliphatic rings. The minimum Gasteiger partial charge on any atom is -0.370 e. The molecule has 0 spiro atoms. The van der Waals surface area contributed by atoms with Gasteiger partial charge < -0.3 is 5.73 Å². The van der Waals surface area contributed by atoms with E-state index in [2.05, 4.69) is 15.5 Å². The Morgan fingerprint density at radius 1 is 1.59 bits per heavy atom. The molecule has 0 atom stereocenters. The highest BCUT2D eigenvalue weighted by molar-refractivity contribution is 7.99. The Kier molecular flexibility index (Phi) is 4.10. The maximum absolute atomic E-state index is 10.6. The average molecular weight is 269 g/mol. The number of hydrogen-bond donors (Lipinski definition) is 1. The third kappa shape index (κ3) is 3.53. The topological polar surface area (TPSA) is 86.7 Å². The molecule has 8 heteroatoms. The summed E-state index contributed by atoms with van der Waals surface area (Å²) in [6.07, 6.45) is 0.330. The minimum atomic E-state index is -0.310. The first-order chi connectivity index (χ1) is 8.25. The average Bonchev–Trinajstić information content (AvgIpc) is 2.91. The zero-order valence-electron chi connectivity index (χ0n) is 8.94. The molecule has 0 saturated heterocycles. The monoisotopic (exact) mass is 269 g/mol. The van der Waals surface area contributed by atoms with E-state index in [-0.39, 0.29) is 5.91 Å². The summed E-state index contributed by atoms with van der Waals surface area (Å²) < 4.78 is 1.72. The van der Waals surface area contributed by atoms with Gasteiger partial charge in [-0.25, -0.2) is 4.68 Å². The van der Waals surface area contributed by atoms with Gasteiger partial charge in [0.05, 0.1) is 6.54 Å². The number of thioether (sulfide) groups is 1. The Hall–Kier alpha value is -1.41. The predicted molar refractivity (Wildman–Crippen MR) is 65.8 cm³/mol. The molecule has 1 amide bonds. The molecular weight excluding hydrogens is 258 g/mol. The van der Waals surface area contributed by atoms with Crippen LogP contribution in [0, 0.1) is 0 Å². The molecule has 2 heterocycles. The van der Waals surface area contributed by atoms with Crippen molar-refractivity contribution in [2.45, 2.75) is 18.1 Å². The fraction of sp³-hybridized carbons (Fsp3) is 0.333. The second-order valence-corrected chi connectivity index (χ2v) is 5.36. The molecule has 0 bridgehead atoms. The lowest BCUT2D eigenvalue weighted by atomic mass is 10.5. The number of thiophene rings is 1. The van der Waals surface area contributed by atoms with Crippen molar-refractivity contribution in [1.29, 1.82) is 0 Å². The van der Waals surface area contributed by atoms with Crippen molar-refractivity contribution in [3.8, 4) is 0 Å². The lowest BCUT2D eigenvalue weighted by molar-refractivity contribution is -0.117. The van der Waals surface area contributed by atoms with Gasteiger partial charge in [-0.1, -0.05) is 17.8 Å². The van der Waals surface area contributed by atoms with Gasteiger partial charge in [-0.05, 0) is 21.9 Å². The molecule has 6 nitrogen and oxygen atoms in total. The van der Waals surface area contributed by atoms with E-state index in [1.54, 1.807) is 16.0 Å². The largest absolute Gasteiger partial charge is 0.370 e. The summed E-state index contributed by atoms with van der Waals surface area (Å²) in [5, 5.41) is 14.2. The highest BCUT2D eigenvalue weighted by Crippen LogP contribution is 2.17. The summed E-state index contributed by atoms with van der Waals surface area (Å²) >= 11 is 3.09. The molecule has 0 aliphatic carbocycles. The second kappa shape index (κ2) is 5.78. The first-order valence-corrected chi connectivity index (χ1v) is 6.82. The maximum Gasteiger partial charge on any atom is 0.218 e. The SMILES string of the molecule is NC(=O)CCSc1nnnn1Cc1cccs1. The van der Waals surface area contributed by atoms with Gasteiger partial charge in [-0.15, -0.1) is 16.4 Å². The number of aromatic nitrogens is 4. The van der Waals surface area contributed by atoms with Crippen LogP contribution in [-0.2, 0) is 11.3 Å². The van der Waals surface area contributed by atoms with Crippen LogP contribution in [0.5, 0.6) is 0 Å². The van der Waals surface area contributed by atoms with E-state index in [1.807, 2.05) is 17.5 Å². The van der Waals surface area contributed by atoms with Crippen molar-refractivity contribution >= 4 is 29.0 Å². The van der Waals surface area contributed by atoms with Crippen molar-refractivity contribution in [1.82, 2.24) is 20.2 Å². The van der Waals surface area contributed by atoms with E-state index in [9.17, 15) is 4.79 Å². The van der Waals surface area contributed by atoms with Gasteiger partial charge in [0.2, 0.25) is 11.1 Å². The zero-order chi connectivity index (χ0) is 12.1. The molecule has 0 fully saturated rings. The van der Waals surface area contributed by atoms with Crippen LogP contribution >= 0.6 is 23.1 Å². The number of nitrogens with zero attached hydrogens (tertiary/aromatic N) is 4. The van der Waals surface area contributed by atoms with Gasteiger partial charge in [0.25, 0.3) is 0 Å². The highest BCUT2D eigenvalue weighted by Gasteiger charge is 2.08. The number of nitrogens with two attached hydrogens (primary N) is 1. The molecule has 0 saturated carbocycles. The van der Waals surface area contributed by atoms with Crippen molar-refractivity contribution < 1.29 is 4.79 Å². The number of carbonyl (C=O) groups excluding carboxylic acids is 1. The Labute approximate surface area is 106 Å². The number of tetrazole rings is 1. The summed E-state index contributed by atoms with van der Waals surface area (Å²) in [5.74, 6) is 0.287. The molecule has 0 aromatic carbocycles. The Bertz CT molecular complexity index is 481. The zero-order valence-corrected chi connectivity index (χ0v) is 10.6. The van der Waals surface area contributed by atoms with Gasteiger partial charge in [-0.2, -0.15) is 0 Å². The fourth-order valence-electron chi connectivity index (χ4n) is 1.19. The first-order valence-electron chi connectivity index (χ1n) is 4.95. The van der Waals surface area contributed by atoms with E-state index in [4.69, 9.17) is 5.73 Å². The fourth-order valence-corrected chi connectivity index (χ4v) is 2.71. The normalized spacial score (nSPS) is 10.6. The van der Waals surface area contributed by atoms with Crippen LogP contribution < -0.4 is 5.73 Å². The summed E-state index contributed by atoms with van der Waals surface area (Å²) in [4.78, 5) is 11.8. The third-order valence-corrected chi connectivity index (χ3v) is 3.78. The third-order valence-electron chi connectivity index (χ3n) is 1.96. The summed E-state index contributed by atoms with van der Waals surface area (Å²) in [6.45, 7) is 0.656. The van der Waals surface area contributed by atoms with Crippen LogP contribution in [0.15, 0.2) is 22.7 Å². The molecular formula is C9H11N5OS2. The minimum absolute atomic E-state index is 0.310. The van der Waals surface area contributed by atoms with Crippen LogP contribution in [0.25, 0.3) is 0 Å². The number of carbonyl (C=O) groups is 1. The van der Waals surface area contributed by atoms with Crippen LogP contribution in [0.3, 0.4) is 0 Å². The lowest BCUT2D eigenvalue weighted by Crippen LogP contribution is -2.11. The van der Waals surface area contributed by atoms with E-state index in [1.165, 1.54) is 16.6 Å². The van der Waals surface area contributed by atoms with Crippen LogP contribution in [0.4, 0.5) is 0 Å². The first kappa shape index (κ1) is 12.1. The molecule has 0 aliphatic heterocycles. The molecule has 2 N–H and O–H groups in total. The molecule has 17 heavy (non-hydrogen) atoms. The molecule has 90 valence electrons. The van der Waals surface area contributed by atoms with E-state index in [0.29, 0.717) is 23.9 Å². The lowest BCUT2D eigenvalue weighted by Gasteiger charge is -2.01. The molecule has 0 radical (unpaired) electrons. The maximum atomic E-state index is 10.6. The van der Waals surface area contributed by atoms with Crippen molar-refractivity contribution in [3.05, 3.63) is 22.4 Å². The number of amides is 1. The van der Waals surface area contributed by atoms with Crippen LogP contribution in [-0.4, -0.2) is 31.9 Å². The van der Waals surface area contributed by atoms with Gasteiger partial charge in [0.1, 0.15) is 0 Å². The predicted octanol–water partition coefficient (Wildman–Crippen LogP) is 0.750. The van der Waals surface area contributed by atoms with Crippen LogP contribution in [0.2, 0.25) is 0 Å². The van der Waals surface area contributed by atoms with Gasteiger partial charge in [-0.3, -0.25) is 4.79 Å². The summed E-state index contributed by atoms with van der Waals surface area (Å²) in [5.41, 5.74) is 5.07. The summed E-state index contributed by atoms with van der Waals surface area (Å²) in [7, 11) is 0. The molecule has 2 aromatic rings. The molecule has 2 rings (SSSR count). The summed E-state index contributed by atoms with van der Waals surface area (Å²) in [6, 6.07) is 4.02. The standard InChI is InChI=1S/C9H11N5OS2/c10-8(15)3-5-17-9-11-12-13-14(9)6-7-2-1-4-16-7/h1-2,4H,3,5-6H2,(H2,10,15). The quantitative estimate of drug-likeness (QED) is 0.782. The van der Waals surface area contributed by atoms with Crippen molar-refractivity contribution in [3.63, 3.8) is 0 Å². The van der Waals surface area contributed by atoms with Crippen molar-refractivity contribution in [2.24, 2.45) is 5.73 Å². The Morgan fingerprint density at radius 3 is 3.18 bits per heavy atom. The van der Waals surface area contributed by atoms with Crippen LogP contribution in [0.1, 0.15) is 11.3 Å². The second-order valence-electron chi connectivity index (χ2n) is 3.26. The van der Waals surface area contributed by atoms with Crippen molar-refractivity contribution in [2.75, 3.05) is 5.75 Å². The van der Waals surface area contributed by atoms with Gasteiger partial charge in [0, 0.05) is 17.1 Å². The van der Waals surface area contributed by atoms with E-state index < -0.39 is 0 Å². The van der Waals surface area contributed by atoms with Gasteiger partial charge in [0.15, 0.2) is 0 Å². The number of primary amides is 1. The molecule has 0 unspecified atom stereocenters. The Balaban J connectivity index is 1.94. The molecule has 2 aromatic heterocycles. The highest BCUT2D eigenvalue weighted by atomic mass is 32.2. The van der Waals surface area contributed by atoms with E-state index >= 15 is 0 Å². The number of rotatable bonds is 6.